The molecular weight excluding hydrogens is 301 g/mol. The van der Waals surface area contributed by atoms with Gasteiger partial charge in [-0.3, -0.25) is 0 Å². The Hall–Kier alpha value is -0.390. The third kappa shape index (κ3) is 2.09. The number of rotatable bonds is 2. The molecule has 82 valence electrons. The van der Waals surface area contributed by atoms with Crippen molar-refractivity contribution < 1.29 is 0 Å². The van der Waals surface area contributed by atoms with E-state index in [0.717, 1.165) is 15.1 Å². The van der Waals surface area contributed by atoms with E-state index >= 15 is 0 Å². The minimum absolute atomic E-state index is 0.418. The largest absolute Gasteiger partial charge is 0.383 e. The van der Waals surface area contributed by atoms with Gasteiger partial charge in [0, 0.05) is 5.92 Å². The number of aromatic nitrogens is 2. The first kappa shape index (κ1) is 11.1. The topological polar surface area (TPSA) is 51.8 Å². The number of nitrogens with zero attached hydrogens (tertiary/aromatic N) is 2. The Kier molecular flexibility index (Phi) is 3.13. The van der Waals surface area contributed by atoms with Crippen LogP contribution in [0.15, 0.2) is 0 Å². The lowest BCUT2D eigenvalue weighted by Crippen LogP contribution is -2.16. The molecule has 0 saturated heterocycles. The quantitative estimate of drug-likeness (QED) is 0.853. The molecule has 2 N–H and O–H groups in total. The summed E-state index contributed by atoms with van der Waals surface area (Å²) in [6, 6.07) is 0. The smallest absolute Gasteiger partial charge is 0.140 e. The minimum Gasteiger partial charge on any atom is -0.383 e. The highest BCUT2D eigenvalue weighted by atomic mass is 127. The summed E-state index contributed by atoms with van der Waals surface area (Å²) in [4.78, 5) is 9.05. The van der Waals surface area contributed by atoms with Crippen LogP contribution in [0.5, 0.6) is 0 Å². The summed E-state index contributed by atoms with van der Waals surface area (Å²) in [5, 5.41) is 0. The van der Waals surface area contributed by atoms with Crippen LogP contribution in [-0.4, -0.2) is 9.97 Å². The fourth-order valence-corrected chi connectivity index (χ4v) is 2.60. The van der Waals surface area contributed by atoms with Gasteiger partial charge in [-0.25, -0.2) is 9.97 Å². The van der Waals surface area contributed by atoms with Crippen LogP contribution in [0, 0.1) is 3.57 Å². The van der Waals surface area contributed by atoms with Gasteiger partial charge in [0.15, 0.2) is 0 Å². The van der Waals surface area contributed by atoms with Crippen LogP contribution in [0.4, 0.5) is 5.82 Å². The van der Waals surface area contributed by atoms with E-state index in [9.17, 15) is 0 Å². The number of anilines is 1. The number of nitrogens with two attached hydrogens (primary N) is 1. The van der Waals surface area contributed by atoms with Crippen molar-refractivity contribution in [3.63, 3.8) is 0 Å². The lowest BCUT2D eigenvalue weighted by molar-refractivity contribution is 0.400. The Balaban J connectivity index is 2.40. The average molecular weight is 317 g/mol. The minimum atomic E-state index is 0.418. The zero-order valence-electron chi connectivity index (χ0n) is 9.13. The summed E-state index contributed by atoms with van der Waals surface area (Å²) in [7, 11) is 0. The third-order valence-electron chi connectivity index (χ3n) is 2.94. The Morgan fingerprint density at radius 3 is 2.47 bits per heavy atom. The van der Waals surface area contributed by atoms with E-state index in [4.69, 9.17) is 5.73 Å². The maximum absolute atomic E-state index is 5.92. The van der Waals surface area contributed by atoms with E-state index in [1.54, 1.807) is 0 Å². The fourth-order valence-electron chi connectivity index (χ4n) is 1.73. The summed E-state index contributed by atoms with van der Waals surface area (Å²) in [6.07, 6.45) is 3.74. The van der Waals surface area contributed by atoms with Crippen molar-refractivity contribution in [3.05, 3.63) is 15.1 Å². The summed E-state index contributed by atoms with van der Waals surface area (Å²) >= 11 is 2.24. The first-order chi connectivity index (χ1) is 7.09. The summed E-state index contributed by atoms with van der Waals surface area (Å²) in [5.41, 5.74) is 7.02. The average Bonchev–Trinajstić information content (AvgIpc) is 2.07. The summed E-state index contributed by atoms with van der Waals surface area (Å²) in [5.74, 6) is 2.59. The van der Waals surface area contributed by atoms with Gasteiger partial charge < -0.3 is 5.73 Å². The molecule has 1 heterocycles. The van der Waals surface area contributed by atoms with Gasteiger partial charge in [-0.1, -0.05) is 20.3 Å². The van der Waals surface area contributed by atoms with Crippen LogP contribution >= 0.6 is 22.6 Å². The monoisotopic (exact) mass is 317 g/mol. The molecule has 0 atom stereocenters. The first-order valence-electron chi connectivity index (χ1n) is 5.42. The van der Waals surface area contributed by atoms with Gasteiger partial charge >= 0.3 is 0 Å². The van der Waals surface area contributed by atoms with Crippen LogP contribution in [0.25, 0.3) is 0 Å². The standard InChI is InChI=1S/C11H16IN3/c1-6(2)9-8(12)10(13)15-11(14-9)7-4-3-5-7/h6-7H,3-5H2,1-2H3,(H2,13,14,15). The molecule has 1 saturated carbocycles. The molecule has 3 nitrogen and oxygen atoms in total. The van der Waals surface area contributed by atoms with Crippen molar-refractivity contribution in [2.45, 2.75) is 44.9 Å². The maximum Gasteiger partial charge on any atom is 0.140 e. The lowest BCUT2D eigenvalue weighted by atomic mass is 9.84. The highest BCUT2D eigenvalue weighted by Crippen LogP contribution is 2.36. The molecule has 15 heavy (non-hydrogen) atoms. The number of hydrogen-bond donors (Lipinski definition) is 1. The second-order valence-corrected chi connectivity index (χ2v) is 5.53. The van der Waals surface area contributed by atoms with Crippen LogP contribution in [0.1, 0.15) is 56.5 Å². The predicted molar refractivity (Wildman–Crippen MR) is 69.8 cm³/mol. The van der Waals surface area contributed by atoms with Crippen LogP contribution < -0.4 is 5.73 Å². The normalized spacial score (nSPS) is 16.8. The van der Waals surface area contributed by atoms with Crippen LogP contribution in [-0.2, 0) is 0 Å². The van der Waals surface area contributed by atoms with Crippen molar-refractivity contribution >= 4 is 28.4 Å². The molecule has 4 heteroatoms. The SMILES string of the molecule is CC(C)c1nc(C2CCC2)nc(N)c1I. The molecule has 0 bridgehead atoms. The van der Waals surface area contributed by atoms with Crippen molar-refractivity contribution in [2.75, 3.05) is 5.73 Å². The molecular formula is C11H16IN3. The third-order valence-corrected chi connectivity index (χ3v) is 4.04. The van der Waals surface area contributed by atoms with Crippen molar-refractivity contribution in [2.24, 2.45) is 0 Å². The van der Waals surface area contributed by atoms with Crippen LogP contribution in [0.2, 0.25) is 0 Å². The molecule has 1 fully saturated rings. The number of hydrogen-bond acceptors (Lipinski definition) is 3. The summed E-state index contributed by atoms with van der Waals surface area (Å²) < 4.78 is 1.02. The number of halogens is 1. The second kappa shape index (κ2) is 4.23. The van der Waals surface area contributed by atoms with E-state index in [2.05, 4.69) is 46.4 Å². The molecule has 0 unspecified atom stereocenters. The van der Waals surface area contributed by atoms with Crippen molar-refractivity contribution in [1.82, 2.24) is 9.97 Å². The number of nitrogen functional groups attached to an aromatic ring is 1. The van der Waals surface area contributed by atoms with Crippen molar-refractivity contribution in [3.8, 4) is 0 Å². The zero-order chi connectivity index (χ0) is 11.0. The van der Waals surface area contributed by atoms with Gasteiger partial charge in [0.25, 0.3) is 0 Å². The van der Waals surface area contributed by atoms with E-state index in [1.165, 1.54) is 19.3 Å². The summed E-state index contributed by atoms with van der Waals surface area (Å²) in [6.45, 7) is 4.29. The molecule has 2 rings (SSSR count). The Morgan fingerprint density at radius 1 is 1.33 bits per heavy atom. The molecule has 0 aromatic carbocycles. The molecule has 0 amide bonds. The van der Waals surface area contributed by atoms with Gasteiger partial charge in [0.05, 0.1) is 9.26 Å². The Morgan fingerprint density at radius 2 is 2.00 bits per heavy atom. The maximum atomic E-state index is 5.92. The predicted octanol–water partition coefficient (Wildman–Crippen LogP) is 3.05. The van der Waals surface area contributed by atoms with Crippen molar-refractivity contribution in [1.29, 1.82) is 0 Å². The Labute approximate surface area is 104 Å². The molecule has 0 aliphatic heterocycles. The van der Waals surface area contributed by atoms with Gasteiger partial charge in [-0.05, 0) is 41.4 Å². The van der Waals surface area contributed by atoms with Gasteiger partial charge in [0.1, 0.15) is 11.6 Å². The van der Waals surface area contributed by atoms with Gasteiger partial charge in [-0.15, -0.1) is 0 Å². The van der Waals surface area contributed by atoms with Gasteiger partial charge in [-0.2, -0.15) is 0 Å². The van der Waals surface area contributed by atoms with Crippen LogP contribution in [0.3, 0.4) is 0 Å². The van der Waals surface area contributed by atoms with E-state index < -0.39 is 0 Å². The van der Waals surface area contributed by atoms with Gasteiger partial charge in [0.2, 0.25) is 0 Å². The van der Waals surface area contributed by atoms with E-state index in [0.29, 0.717) is 17.7 Å². The highest BCUT2D eigenvalue weighted by Gasteiger charge is 2.24. The zero-order valence-corrected chi connectivity index (χ0v) is 11.3. The Bertz CT molecular complexity index is 372. The molecule has 1 aromatic rings. The molecule has 0 spiro atoms. The fraction of sp³-hybridized carbons (Fsp3) is 0.636. The molecule has 0 radical (unpaired) electrons. The second-order valence-electron chi connectivity index (χ2n) is 4.45. The first-order valence-corrected chi connectivity index (χ1v) is 6.50. The molecule has 1 aliphatic rings. The molecule has 1 aliphatic carbocycles. The molecule has 1 aromatic heterocycles. The van der Waals surface area contributed by atoms with E-state index in [1.807, 2.05) is 0 Å². The lowest BCUT2D eigenvalue weighted by Gasteiger charge is -2.25. The highest BCUT2D eigenvalue weighted by molar-refractivity contribution is 14.1. The van der Waals surface area contributed by atoms with E-state index in [-0.39, 0.29) is 0 Å².